The summed E-state index contributed by atoms with van der Waals surface area (Å²) < 4.78 is 20.1. The molecule has 3 nitrogen and oxygen atoms in total. The van der Waals surface area contributed by atoms with Gasteiger partial charge in [-0.2, -0.15) is 0 Å². The summed E-state index contributed by atoms with van der Waals surface area (Å²) in [6.07, 6.45) is 1.73. The third kappa shape index (κ3) is 14.0. The molecule has 0 saturated heterocycles. The van der Waals surface area contributed by atoms with E-state index in [1.165, 1.54) is 0 Å². The number of hydrogen-bond donors (Lipinski definition) is 0. The van der Waals surface area contributed by atoms with Gasteiger partial charge in [0.25, 0.3) is 0 Å². The molecule has 1 atom stereocenters. The van der Waals surface area contributed by atoms with Gasteiger partial charge in [0.15, 0.2) is 0 Å². The van der Waals surface area contributed by atoms with E-state index >= 15 is 0 Å². The van der Waals surface area contributed by atoms with E-state index in [0.717, 1.165) is 19.4 Å². The zero-order chi connectivity index (χ0) is 7.98. The molecule has 0 spiro atoms. The van der Waals surface area contributed by atoms with Gasteiger partial charge in [-0.15, -0.1) is 0 Å². The van der Waals surface area contributed by atoms with Crippen molar-refractivity contribution < 1.29 is 38.3 Å². The van der Waals surface area contributed by atoms with Crippen molar-refractivity contribution in [1.29, 1.82) is 0 Å². The van der Waals surface area contributed by atoms with Crippen LogP contribution in [0.5, 0.6) is 0 Å². The molecule has 0 aromatic rings. The Morgan fingerprint density at radius 1 is 1.36 bits per heavy atom. The van der Waals surface area contributed by atoms with E-state index in [1.807, 2.05) is 19.0 Å². The average molecular weight is 187 g/mol. The third-order valence-corrected chi connectivity index (χ3v) is 1.79. The number of nitrogens with zero attached hydrogens (tertiary/aromatic N) is 1. The van der Waals surface area contributed by atoms with Crippen LogP contribution < -0.4 is 29.6 Å². The Kier molecular flexibility index (Phi) is 12.1. The molecule has 5 heteroatoms. The summed E-state index contributed by atoms with van der Waals surface area (Å²) in [4.78, 5) is 2.05. The first-order chi connectivity index (χ1) is 4.63. The quantitative estimate of drug-likeness (QED) is 0.265. The fourth-order valence-electron chi connectivity index (χ4n) is 0.648. The van der Waals surface area contributed by atoms with Crippen LogP contribution in [0.3, 0.4) is 0 Å². The molecule has 0 aliphatic carbocycles. The molecule has 0 amide bonds. The van der Waals surface area contributed by atoms with Crippen LogP contribution in [-0.4, -0.2) is 40.1 Å². The molecule has 0 rings (SSSR count). The zero-order valence-electron chi connectivity index (χ0n) is 7.50. The molecule has 1 unspecified atom stereocenters. The fraction of sp³-hybridized carbons (Fsp3) is 1.00. The zero-order valence-corrected chi connectivity index (χ0v) is 10.3. The van der Waals surface area contributed by atoms with Gasteiger partial charge in [0, 0.05) is 5.75 Å². The molecule has 0 aliphatic rings. The summed E-state index contributed by atoms with van der Waals surface area (Å²) in [5.41, 5.74) is 0. The predicted molar refractivity (Wildman–Crippen MR) is 41.6 cm³/mol. The van der Waals surface area contributed by atoms with Crippen LogP contribution in [0.1, 0.15) is 12.8 Å². The normalized spacial score (nSPS) is 12.7. The Balaban J connectivity index is 0. The van der Waals surface area contributed by atoms with Crippen molar-refractivity contribution in [1.82, 2.24) is 4.90 Å². The van der Waals surface area contributed by atoms with E-state index in [1.54, 1.807) is 0 Å². The summed E-state index contributed by atoms with van der Waals surface area (Å²) >= 11 is -1.85. The number of unbranched alkanes of at least 4 members (excludes halogenated alkanes) is 1. The van der Waals surface area contributed by atoms with Gasteiger partial charge < -0.3 is 9.45 Å². The Morgan fingerprint density at radius 3 is 2.27 bits per heavy atom. The van der Waals surface area contributed by atoms with Crippen molar-refractivity contribution in [3.8, 4) is 0 Å². The van der Waals surface area contributed by atoms with Gasteiger partial charge >= 0.3 is 29.6 Å². The molecule has 0 N–H and O–H groups in total. The van der Waals surface area contributed by atoms with Crippen molar-refractivity contribution in [2.24, 2.45) is 0 Å². The van der Waals surface area contributed by atoms with E-state index in [4.69, 9.17) is 0 Å². The largest absolute Gasteiger partial charge is 1.00 e. The van der Waals surface area contributed by atoms with Gasteiger partial charge in [0.1, 0.15) is 0 Å². The predicted octanol–water partition coefficient (Wildman–Crippen LogP) is -2.79. The van der Waals surface area contributed by atoms with Crippen LogP contribution >= 0.6 is 0 Å². The molecule has 62 valence electrons. The van der Waals surface area contributed by atoms with E-state index < -0.39 is 11.1 Å². The second kappa shape index (κ2) is 9.16. The van der Waals surface area contributed by atoms with Gasteiger partial charge in [-0.05, 0) is 33.5 Å². The van der Waals surface area contributed by atoms with E-state index in [-0.39, 0.29) is 29.6 Å². The monoisotopic (exact) mass is 187 g/mol. The minimum Gasteiger partial charge on any atom is -0.772 e. The summed E-state index contributed by atoms with van der Waals surface area (Å²) in [7, 11) is 3.96. The first-order valence-corrected chi connectivity index (χ1v) is 4.58. The topological polar surface area (TPSA) is 43.4 Å². The van der Waals surface area contributed by atoms with Crippen molar-refractivity contribution >= 4 is 11.1 Å². The summed E-state index contributed by atoms with van der Waals surface area (Å²) in [5.74, 6) is 0.299. The van der Waals surface area contributed by atoms with Crippen molar-refractivity contribution in [3.05, 3.63) is 0 Å². The molecule has 0 radical (unpaired) electrons. The maximum atomic E-state index is 10.0. The molecule has 0 bridgehead atoms. The molecule has 11 heavy (non-hydrogen) atoms. The fourth-order valence-corrected chi connectivity index (χ4v) is 1.09. The minimum absolute atomic E-state index is 0. The van der Waals surface area contributed by atoms with Crippen molar-refractivity contribution in [3.63, 3.8) is 0 Å². The second-order valence-corrected chi connectivity index (χ2v) is 3.53. The van der Waals surface area contributed by atoms with Crippen LogP contribution in [0.4, 0.5) is 0 Å². The molecule has 0 aromatic carbocycles. The maximum Gasteiger partial charge on any atom is 1.00 e. The van der Waals surface area contributed by atoms with E-state index in [9.17, 15) is 8.76 Å². The van der Waals surface area contributed by atoms with Crippen molar-refractivity contribution in [2.45, 2.75) is 12.8 Å². The number of hydrogen-bond acceptors (Lipinski definition) is 3. The van der Waals surface area contributed by atoms with Crippen LogP contribution in [0, 0.1) is 0 Å². The van der Waals surface area contributed by atoms with Crippen LogP contribution in [0.15, 0.2) is 0 Å². The molecule has 0 heterocycles. The van der Waals surface area contributed by atoms with Crippen LogP contribution in [0.2, 0.25) is 0 Å². The minimum atomic E-state index is -1.85. The summed E-state index contributed by atoms with van der Waals surface area (Å²) in [6.45, 7) is 0.969. The SMILES string of the molecule is CN(C)CCCCS(=O)[O-].[Na+]. The Bertz CT molecular complexity index is 111. The first-order valence-electron chi connectivity index (χ1n) is 3.33. The smallest absolute Gasteiger partial charge is 0.772 e. The molecule has 0 aromatic heterocycles. The van der Waals surface area contributed by atoms with Crippen LogP contribution in [0.25, 0.3) is 0 Å². The van der Waals surface area contributed by atoms with Gasteiger partial charge in [0.05, 0.1) is 0 Å². The maximum absolute atomic E-state index is 10.0. The summed E-state index contributed by atoms with van der Waals surface area (Å²) in [5, 5.41) is 0. The first kappa shape index (κ1) is 14.6. The van der Waals surface area contributed by atoms with Crippen molar-refractivity contribution in [2.75, 3.05) is 26.4 Å². The Labute approximate surface area is 93.1 Å². The third-order valence-electron chi connectivity index (χ3n) is 1.17. The Morgan fingerprint density at radius 2 is 1.91 bits per heavy atom. The standard InChI is InChI=1S/C6H15NO2S.Na/c1-7(2)5-3-4-6-10(8)9;/h3-6H2,1-2H3,(H,8,9);/q;+1/p-1. The molecular weight excluding hydrogens is 173 g/mol. The molecular formula is C6H14NNaO2S. The average Bonchev–Trinajstić information content (AvgIpc) is 1.79. The molecule has 0 aliphatic heterocycles. The van der Waals surface area contributed by atoms with Crippen LogP contribution in [-0.2, 0) is 11.1 Å². The van der Waals surface area contributed by atoms with Gasteiger partial charge in [-0.1, -0.05) is 11.1 Å². The molecule has 0 saturated carbocycles. The molecule has 0 fully saturated rings. The number of rotatable bonds is 5. The van der Waals surface area contributed by atoms with Gasteiger partial charge in [0.2, 0.25) is 0 Å². The Hall–Kier alpha value is 1.07. The second-order valence-electron chi connectivity index (χ2n) is 2.52. The van der Waals surface area contributed by atoms with E-state index in [0.29, 0.717) is 5.75 Å². The van der Waals surface area contributed by atoms with Gasteiger partial charge in [-0.3, -0.25) is 4.21 Å². The van der Waals surface area contributed by atoms with E-state index in [2.05, 4.69) is 0 Å². The summed E-state index contributed by atoms with van der Waals surface area (Å²) in [6, 6.07) is 0. The van der Waals surface area contributed by atoms with Gasteiger partial charge in [-0.25, -0.2) is 0 Å².